The number of aliphatic hydroxyl groups excluding tert-OH is 1. The summed E-state index contributed by atoms with van der Waals surface area (Å²) in [5, 5.41) is 12.6. The smallest absolute Gasteiger partial charge is 0.255 e. The number of carbonyl (C=O) groups is 1. The molecule has 0 bridgehead atoms. The lowest BCUT2D eigenvalue weighted by Crippen LogP contribution is -2.36. The fourth-order valence-electron chi connectivity index (χ4n) is 1.38. The van der Waals surface area contributed by atoms with Crippen LogP contribution in [-0.4, -0.2) is 51.8 Å². The van der Waals surface area contributed by atoms with E-state index in [1.807, 2.05) is 0 Å². The number of rotatable bonds is 6. The number of aliphatic hydroxyl groups is 1. The number of hydrogen-bond acceptors (Lipinski definition) is 3. The Morgan fingerprint density at radius 1 is 1.67 bits per heavy atom. The van der Waals surface area contributed by atoms with Crippen molar-refractivity contribution in [1.29, 1.82) is 0 Å². The minimum Gasteiger partial charge on any atom is -0.395 e. The molecule has 0 spiro atoms. The van der Waals surface area contributed by atoms with E-state index < -0.39 is 18.9 Å². The maximum absolute atomic E-state index is 12.2. The molecule has 0 fully saturated rings. The predicted molar refractivity (Wildman–Crippen MR) is 61.9 cm³/mol. The number of aromatic nitrogens is 2. The van der Waals surface area contributed by atoms with Crippen molar-refractivity contribution in [2.24, 2.45) is 7.05 Å². The van der Waals surface area contributed by atoms with Crippen molar-refractivity contribution in [3.63, 3.8) is 0 Å². The molecule has 5 nitrogen and oxygen atoms in total. The van der Waals surface area contributed by atoms with Gasteiger partial charge in [-0.15, -0.1) is 0 Å². The molecule has 1 aromatic heterocycles. The summed E-state index contributed by atoms with van der Waals surface area (Å²) in [7, 11) is 1.73. The molecular formula is C11H15F2N3O2. The van der Waals surface area contributed by atoms with Crippen LogP contribution in [0.4, 0.5) is 8.78 Å². The Balaban J connectivity index is 2.63. The standard InChI is InChI=1S/C11H15F2N3O2/c1-15-7-9(6-14-15)2-3-11(18)16(4-5-17)8-10(12)13/h2-3,6-7,10,17H,4-5,8H2,1H3/b3-2+. The van der Waals surface area contributed by atoms with Gasteiger partial charge in [-0.1, -0.05) is 0 Å². The van der Waals surface area contributed by atoms with Crippen molar-refractivity contribution >= 4 is 12.0 Å². The van der Waals surface area contributed by atoms with Gasteiger partial charge >= 0.3 is 0 Å². The lowest BCUT2D eigenvalue weighted by Gasteiger charge is -2.19. The van der Waals surface area contributed by atoms with Crippen LogP contribution in [0.2, 0.25) is 0 Å². The second-order valence-electron chi connectivity index (χ2n) is 3.68. The molecule has 0 unspecified atom stereocenters. The Morgan fingerprint density at radius 3 is 2.89 bits per heavy atom. The van der Waals surface area contributed by atoms with Crippen LogP contribution in [-0.2, 0) is 11.8 Å². The number of alkyl halides is 2. The van der Waals surface area contributed by atoms with E-state index in [0.717, 1.165) is 4.90 Å². The normalized spacial score (nSPS) is 11.4. The Hall–Kier alpha value is -1.76. The highest BCUT2D eigenvalue weighted by Crippen LogP contribution is 2.03. The minimum atomic E-state index is -2.62. The SMILES string of the molecule is Cn1cc(/C=C/C(=O)N(CCO)CC(F)F)cn1. The van der Waals surface area contributed by atoms with E-state index in [9.17, 15) is 13.6 Å². The van der Waals surface area contributed by atoms with Gasteiger partial charge in [0.2, 0.25) is 5.91 Å². The zero-order chi connectivity index (χ0) is 13.5. The van der Waals surface area contributed by atoms with Crippen LogP contribution in [0.15, 0.2) is 18.5 Å². The van der Waals surface area contributed by atoms with E-state index in [0.29, 0.717) is 5.56 Å². The van der Waals surface area contributed by atoms with Gasteiger partial charge in [0.05, 0.1) is 19.3 Å². The highest BCUT2D eigenvalue weighted by molar-refractivity contribution is 5.91. The molecule has 0 saturated carbocycles. The molecule has 1 rings (SSSR count). The van der Waals surface area contributed by atoms with E-state index in [1.54, 1.807) is 24.1 Å². The second kappa shape index (κ2) is 6.85. The molecule has 0 aliphatic rings. The van der Waals surface area contributed by atoms with E-state index >= 15 is 0 Å². The van der Waals surface area contributed by atoms with E-state index in [1.165, 1.54) is 12.2 Å². The maximum atomic E-state index is 12.2. The van der Waals surface area contributed by atoms with Gasteiger partial charge in [0.15, 0.2) is 0 Å². The van der Waals surface area contributed by atoms with Crippen LogP contribution >= 0.6 is 0 Å². The molecule has 0 saturated heterocycles. The van der Waals surface area contributed by atoms with Gasteiger partial charge in [0.25, 0.3) is 6.43 Å². The molecule has 100 valence electrons. The minimum absolute atomic E-state index is 0.111. The average Bonchev–Trinajstić information content (AvgIpc) is 2.71. The summed E-state index contributed by atoms with van der Waals surface area (Å²) in [6.45, 7) is -1.14. The maximum Gasteiger partial charge on any atom is 0.255 e. The fraction of sp³-hybridized carbons (Fsp3) is 0.455. The topological polar surface area (TPSA) is 58.4 Å². The quantitative estimate of drug-likeness (QED) is 0.758. The van der Waals surface area contributed by atoms with Crippen LogP contribution in [0.5, 0.6) is 0 Å². The summed E-state index contributed by atoms with van der Waals surface area (Å²) in [5.74, 6) is -0.562. The zero-order valence-electron chi connectivity index (χ0n) is 9.96. The molecule has 0 aliphatic heterocycles. The predicted octanol–water partition coefficient (Wildman–Crippen LogP) is 0.519. The van der Waals surface area contributed by atoms with Crippen LogP contribution in [0.1, 0.15) is 5.56 Å². The summed E-state index contributed by atoms with van der Waals surface area (Å²) in [4.78, 5) is 12.5. The van der Waals surface area contributed by atoms with Gasteiger partial charge in [0, 0.05) is 31.4 Å². The Bertz CT molecular complexity index is 418. The molecule has 1 N–H and O–H groups in total. The van der Waals surface area contributed by atoms with E-state index in [4.69, 9.17) is 5.11 Å². The van der Waals surface area contributed by atoms with Gasteiger partial charge in [0.1, 0.15) is 0 Å². The molecule has 0 radical (unpaired) electrons. The fourth-order valence-corrected chi connectivity index (χ4v) is 1.38. The summed E-state index contributed by atoms with van der Waals surface area (Å²) >= 11 is 0. The molecule has 0 aromatic carbocycles. The molecule has 1 aromatic rings. The summed E-state index contributed by atoms with van der Waals surface area (Å²) < 4.78 is 26.0. The molecule has 1 heterocycles. The van der Waals surface area contributed by atoms with Crippen molar-refractivity contribution in [1.82, 2.24) is 14.7 Å². The first-order valence-electron chi connectivity index (χ1n) is 5.37. The Kier molecular flexibility index (Phi) is 5.44. The lowest BCUT2D eigenvalue weighted by atomic mass is 10.3. The summed E-state index contributed by atoms with van der Waals surface area (Å²) in [6, 6.07) is 0. The summed E-state index contributed by atoms with van der Waals surface area (Å²) in [5.41, 5.74) is 0.701. The third kappa shape index (κ3) is 4.62. The van der Waals surface area contributed by atoms with Crippen LogP contribution in [0, 0.1) is 0 Å². The van der Waals surface area contributed by atoms with Gasteiger partial charge in [-0.3, -0.25) is 9.48 Å². The van der Waals surface area contributed by atoms with Crippen LogP contribution < -0.4 is 0 Å². The van der Waals surface area contributed by atoms with Crippen molar-refractivity contribution in [3.8, 4) is 0 Å². The average molecular weight is 259 g/mol. The van der Waals surface area contributed by atoms with Crippen LogP contribution in [0.3, 0.4) is 0 Å². The Labute approximate surface area is 103 Å². The third-order valence-electron chi connectivity index (χ3n) is 2.18. The van der Waals surface area contributed by atoms with Gasteiger partial charge in [-0.05, 0) is 6.08 Å². The Morgan fingerprint density at radius 2 is 2.39 bits per heavy atom. The van der Waals surface area contributed by atoms with Crippen molar-refractivity contribution < 1.29 is 18.7 Å². The molecule has 7 heteroatoms. The first kappa shape index (κ1) is 14.3. The van der Waals surface area contributed by atoms with Gasteiger partial charge < -0.3 is 10.0 Å². The van der Waals surface area contributed by atoms with E-state index in [2.05, 4.69) is 5.10 Å². The zero-order valence-corrected chi connectivity index (χ0v) is 9.96. The molecular weight excluding hydrogens is 244 g/mol. The van der Waals surface area contributed by atoms with E-state index in [-0.39, 0.29) is 13.2 Å². The molecule has 18 heavy (non-hydrogen) atoms. The molecule has 1 amide bonds. The molecule has 0 aliphatic carbocycles. The lowest BCUT2D eigenvalue weighted by molar-refractivity contribution is -0.128. The number of halogens is 2. The van der Waals surface area contributed by atoms with Crippen LogP contribution in [0.25, 0.3) is 6.08 Å². The highest BCUT2D eigenvalue weighted by Gasteiger charge is 2.15. The number of nitrogens with zero attached hydrogens (tertiary/aromatic N) is 3. The first-order valence-corrected chi connectivity index (χ1v) is 5.37. The van der Waals surface area contributed by atoms with Gasteiger partial charge in [-0.25, -0.2) is 8.78 Å². The number of aryl methyl sites for hydroxylation is 1. The number of carbonyl (C=O) groups excluding carboxylic acids is 1. The largest absolute Gasteiger partial charge is 0.395 e. The van der Waals surface area contributed by atoms with Crippen molar-refractivity contribution in [2.75, 3.05) is 19.7 Å². The van der Waals surface area contributed by atoms with Crippen molar-refractivity contribution in [2.45, 2.75) is 6.43 Å². The highest BCUT2D eigenvalue weighted by atomic mass is 19.3. The number of amides is 1. The van der Waals surface area contributed by atoms with Gasteiger partial charge in [-0.2, -0.15) is 5.10 Å². The second-order valence-corrected chi connectivity index (χ2v) is 3.68. The number of hydrogen-bond donors (Lipinski definition) is 1. The first-order chi connectivity index (χ1) is 8.52. The third-order valence-corrected chi connectivity index (χ3v) is 2.18. The van der Waals surface area contributed by atoms with Crippen molar-refractivity contribution in [3.05, 3.63) is 24.0 Å². The summed E-state index contributed by atoms with van der Waals surface area (Å²) in [6.07, 6.45) is 3.30. The monoisotopic (exact) mass is 259 g/mol. The molecule has 0 atom stereocenters.